The molecule has 1 atom stereocenters. The molecule has 66 valence electrons. The summed E-state index contributed by atoms with van der Waals surface area (Å²) >= 11 is 0. The van der Waals surface area contributed by atoms with E-state index in [2.05, 4.69) is 4.90 Å². The van der Waals surface area contributed by atoms with E-state index in [-0.39, 0.29) is 6.04 Å². The third-order valence-electron chi connectivity index (χ3n) is 2.17. The average molecular weight is 177 g/mol. The van der Waals surface area contributed by atoms with Crippen molar-refractivity contribution >= 4 is 9.84 Å². The molecule has 0 unspecified atom stereocenters. The van der Waals surface area contributed by atoms with Gasteiger partial charge in [-0.25, -0.2) is 8.42 Å². The second-order valence-corrected chi connectivity index (χ2v) is 5.55. The molecule has 0 aliphatic carbocycles. The molecule has 0 aromatic heterocycles. The summed E-state index contributed by atoms with van der Waals surface area (Å²) in [5.74, 6) is 0.323. The minimum atomic E-state index is -2.78. The lowest BCUT2D eigenvalue weighted by atomic mass is 10.2. The Bertz CT molecular complexity index is 223. The predicted molar refractivity (Wildman–Crippen MR) is 45.4 cm³/mol. The lowest BCUT2D eigenvalue weighted by Crippen LogP contribution is -2.31. The SMILES string of the molecule is CN1CCC[C@H]1CS(C)(=O)=O. The van der Waals surface area contributed by atoms with Crippen LogP contribution >= 0.6 is 0 Å². The van der Waals surface area contributed by atoms with E-state index in [1.165, 1.54) is 6.26 Å². The summed E-state index contributed by atoms with van der Waals surface area (Å²) in [7, 11) is -0.793. The molecule has 0 N–H and O–H groups in total. The minimum Gasteiger partial charge on any atom is -0.302 e. The van der Waals surface area contributed by atoms with Crippen molar-refractivity contribution in [2.24, 2.45) is 0 Å². The number of nitrogens with zero attached hydrogens (tertiary/aromatic N) is 1. The fraction of sp³-hybridized carbons (Fsp3) is 1.00. The van der Waals surface area contributed by atoms with E-state index in [1.54, 1.807) is 0 Å². The van der Waals surface area contributed by atoms with Crippen molar-refractivity contribution in [2.75, 3.05) is 25.6 Å². The predicted octanol–water partition coefficient (Wildman–Crippen LogP) is 0.125. The first kappa shape index (κ1) is 9.00. The normalized spacial score (nSPS) is 27.6. The summed E-state index contributed by atoms with van der Waals surface area (Å²) in [4.78, 5) is 2.13. The van der Waals surface area contributed by atoms with Crippen molar-refractivity contribution in [2.45, 2.75) is 18.9 Å². The zero-order valence-corrected chi connectivity index (χ0v) is 7.89. The van der Waals surface area contributed by atoms with E-state index in [9.17, 15) is 8.42 Å². The maximum Gasteiger partial charge on any atom is 0.148 e. The van der Waals surface area contributed by atoms with Crippen LogP contribution in [0.4, 0.5) is 0 Å². The number of rotatable bonds is 2. The zero-order valence-electron chi connectivity index (χ0n) is 7.08. The Labute approximate surface area is 68.3 Å². The van der Waals surface area contributed by atoms with Crippen molar-refractivity contribution in [3.05, 3.63) is 0 Å². The summed E-state index contributed by atoms with van der Waals surface area (Å²) in [5, 5.41) is 0. The molecule has 4 heteroatoms. The maximum absolute atomic E-state index is 10.9. The van der Waals surface area contributed by atoms with E-state index >= 15 is 0 Å². The Morgan fingerprint density at radius 1 is 1.55 bits per heavy atom. The van der Waals surface area contributed by atoms with E-state index < -0.39 is 9.84 Å². The van der Waals surface area contributed by atoms with E-state index in [0.29, 0.717) is 5.75 Å². The molecule has 0 radical (unpaired) electrons. The van der Waals surface area contributed by atoms with E-state index in [1.807, 2.05) is 7.05 Å². The lowest BCUT2D eigenvalue weighted by Gasteiger charge is -2.17. The van der Waals surface area contributed by atoms with Crippen LogP contribution in [0, 0.1) is 0 Å². The van der Waals surface area contributed by atoms with Crippen molar-refractivity contribution in [3.63, 3.8) is 0 Å². The highest BCUT2D eigenvalue weighted by Gasteiger charge is 2.23. The summed E-state index contributed by atoms with van der Waals surface area (Å²) in [6.07, 6.45) is 3.47. The highest BCUT2D eigenvalue weighted by Crippen LogP contribution is 2.15. The Morgan fingerprint density at radius 2 is 2.18 bits per heavy atom. The third kappa shape index (κ3) is 2.79. The molecule has 0 saturated carbocycles. The zero-order chi connectivity index (χ0) is 8.48. The van der Waals surface area contributed by atoms with Gasteiger partial charge in [0.2, 0.25) is 0 Å². The molecule has 1 aliphatic heterocycles. The molecule has 1 heterocycles. The van der Waals surface area contributed by atoms with E-state index in [4.69, 9.17) is 0 Å². The van der Waals surface area contributed by atoms with Gasteiger partial charge in [-0.2, -0.15) is 0 Å². The van der Waals surface area contributed by atoms with Crippen LogP contribution in [-0.4, -0.2) is 45.0 Å². The highest BCUT2D eigenvalue weighted by atomic mass is 32.2. The summed E-state index contributed by atoms with van der Waals surface area (Å²) in [5.41, 5.74) is 0. The third-order valence-corrected chi connectivity index (χ3v) is 3.16. The molecule has 3 nitrogen and oxygen atoms in total. The molecule has 1 fully saturated rings. The molecular formula is C7H15NO2S. The van der Waals surface area contributed by atoms with Crippen molar-refractivity contribution < 1.29 is 8.42 Å². The van der Waals surface area contributed by atoms with Crippen LogP contribution in [0.3, 0.4) is 0 Å². The van der Waals surface area contributed by atoms with Crippen molar-refractivity contribution in [1.29, 1.82) is 0 Å². The average Bonchev–Trinajstić information content (AvgIpc) is 2.12. The second-order valence-electron chi connectivity index (χ2n) is 3.37. The molecule has 1 saturated heterocycles. The van der Waals surface area contributed by atoms with Gasteiger partial charge in [-0.1, -0.05) is 0 Å². The van der Waals surface area contributed by atoms with Gasteiger partial charge in [-0.15, -0.1) is 0 Å². The number of hydrogen-bond acceptors (Lipinski definition) is 3. The first-order chi connectivity index (χ1) is 4.99. The first-order valence-corrected chi connectivity index (χ1v) is 5.93. The Balaban J connectivity index is 2.50. The summed E-state index contributed by atoms with van der Waals surface area (Å²) < 4.78 is 21.8. The Kier molecular flexibility index (Phi) is 2.54. The molecule has 0 amide bonds. The van der Waals surface area contributed by atoms with Crippen LogP contribution in [0.1, 0.15) is 12.8 Å². The standard InChI is InChI=1S/C7H15NO2S/c1-8-5-3-4-7(8)6-11(2,9)10/h7H,3-6H2,1-2H3/t7-/m0/s1. The van der Waals surface area contributed by atoms with Crippen molar-refractivity contribution in [3.8, 4) is 0 Å². The van der Waals surface area contributed by atoms with Crippen molar-refractivity contribution in [1.82, 2.24) is 4.90 Å². The largest absolute Gasteiger partial charge is 0.302 e. The van der Waals surface area contributed by atoms with Crippen LogP contribution in [-0.2, 0) is 9.84 Å². The number of hydrogen-bond donors (Lipinski definition) is 0. The molecule has 1 rings (SSSR count). The fourth-order valence-electron chi connectivity index (χ4n) is 1.54. The minimum absolute atomic E-state index is 0.269. The van der Waals surface area contributed by atoms with Gasteiger partial charge in [0, 0.05) is 12.3 Å². The summed E-state index contributed by atoms with van der Waals surface area (Å²) in [6, 6.07) is 0.269. The quantitative estimate of drug-likeness (QED) is 0.601. The van der Waals surface area contributed by atoms with Gasteiger partial charge in [-0.3, -0.25) is 0 Å². The van der Waals surface area contributed by atoms with Crippen LogP contribution in [0.15, 0.2) is 0 Å². The maximum atomic E-state index is 10.9. The molecule has 11 heavy (non-hydrogen) atoms. The molecule has 1 aliphatic rings. The fourth-order valence-corrected chi connectivity index (χ4v) is 2.66. The lowest BCUT2D eigenvalue weighted by molar-refractivity contribution is 0.332. The topological polar surface area (TPSA) is 37.4 Å². The summed E-state index contributed by atoms with van der Waals surface area (Å²) in [6.45, 7) is 1.04. The van der Waals surface area contributed by atoms with Gasteiger partial charge in [0.25, 0.3) is 0 Å². The second kappa shape index (κ2) is 3.11. The van der Waals surface area contributed by atoms with Gasteiger partial charge in [-0.05, 0) is 26.4 Å². The monoisotopic (exact) mass is 177 g/mol. The first-order valence-electron chi connectivity index (χ1n) is 3.87. The van der Waals surface area contributed by atoms with Crippen LogP contribution < -0.4 is 0 Å². The van der Waals surface area contributed by atoms with Crippen LogP contribution in [0.25, 0.3) is 0 Å². The van der Waals surface area contributed by atoms with Gasteiger partial charge >= 0.3 is 0 Å². The smallest absolute Gasteiger partial charge is 0.148 e. The number of sulfone groups is 1. The Morgan fingerprint density at radius 3 is 2.55 bits per heavy atom. The van der Waals surface area contributed by atoms with Gasteiger partial charge in [0.1, 0.15) is 9.84 Å². The van der Waals surface area contributed by atoms with E-state index in [0.717, 1.165) is 19.4 Å². The Hall–Kier alpha value is -0.0900. The van der Waals surface area contributed by atoms with Gasteiger partial charge < -0.3 is 4.90 Å². The van der Waals surface area contributed by atoms with Crippen LogP contribution in [0.5, 0.6) is 0 Å². The van der Waals surface area contributed by atoms with Gasteiger partial charge in [0.05, 0.1) is 5.75 Å². The molecule has 0 aromatic rings. The molecule has 0 spiro atoms. The number of likely N-dealkylation sites (tertiary alicyclic amines) is 1. The highest BCUT2D eigenvalue weighted by molar-refractivity contribution is 7.90. The molecule has 0 bridgehead atoms. The van der Waals surface area contributed by atoms with Crippen LogP contribution in [0.2, 0.25) is 0 Å². The molecular weight excluding hydrogens is 162 g/mol. The van der Waals surface area contributed by atoms with Gasteiger partial charge in [0.15, 0.2) is 0 Å². The molecule has 0 aromatic carbocycles.